The van der Waals surface area contributed by atoms with Crippen molar-refractivity contribution < 1.29 is 0 Å². The van der Waals surface area contributed by atoms with Crippen molar-refractivity contribution in [1.82, 2.24) is 4.98 Å². The van der Waals surface area contributed by atoms with E-state index in [1.165, 1.54) is 5.56 Å². The number of rotatable bonds is 4. The summed E-state index contributed by atoms with van der Waals surface area (Å²) < 4.78 is 0. The van der Waals surface area contributed by atoms with Gasteiger partial charge in [0.2, 0.25) is 0 Å². The molecule has 0 spiro atoms. The molecule has 4 heteroatoms. The lowest BCUT2D eigenvalue weighted by Crippen LogP contribution is -1.99. The molecule has 3 nitrogen and oxygen atoms in total. The molecule has 0 atom stereocenters. The number of thiophene rings is 1. The zero-order chi connectivity index (χ0) is 10.5. The average molecular weight is 219 g/mol. The molecule has 2 N–H and O–H groups in total. The second-order valence-corrected chi connectivity index (χ2v) is 3.94. The fourth-order valence-corrected chi connectivity index (χ4v) is 1.94. The minimum atomic E-state index is 0.858. The summed E-state index contributed by atoms with van der Waals surface area (Å²) in [5, 5.41) is 10.6. The molecule has 2 aromatic heterocycles. The summed E-state index contributed by atoms with van der Waals surface area (Å²) >= 11 is 1.72. The molecule has 0 amide bonds. The molecule has 2 heterocycles. The van der Waals surface area contributed by atoms with Gasteiger partial charge in [-0.3, -0.25) is 0 Å². The van der Waals surface area contributed by atoms with E-state index in [0.29, 0.717) is 0 Å². The molecule has 15 heavy (non-hydrogen) atoms. The van der Waals surface area contributed by atoms with E-state index in [1.807, 2.05) is 19.2 Å². The molecule has 0 saturated heterocycles. The highest BCUT2D eigenvalue weighted by Crippen LogP contribution is 2.13. The largest absolute Gasteiger partial charge is 0.381 e. The van der Waals surface area contributed by atoms with E-state index in [1.54, 1.807) is 17.5 Å². The molecule has 0 unspecified atom stereocenters. The number of nitrogens with zero attached hydrogens (tertiary/aromatic N) is 1. The molecule has 2 rings (SSSR count). The smallest absolute Gasteiger partial charge is 0.127 e. The van der Waals surface area contributed by atoms with Crippen molar-refractivity contribution >= 4 is 22.8 Å². The van der Waals surface area contributed by atoms with Crippen molar-refractivity contribution in [2.24, 2.45) is 0 Å². The van der Waals surface area contributed by atoms with E-state index in [9.17, 15) is 0 Å². The van der Waals surface area contributed by atoms with E-state index in [4.69, 9.17) is 0 Å². The summed E-state index contributed by atoms with van der Waals surface area (Å²) in [6.45, 7) is 0.858. The van der Waals surface area contributed by atoms with Gasteiger partial charge in [-0.05, 0) is 28.5 Å². The third-order valence-corrected chi connectivity index (χ3v) is 2.82. The summed E-state index contributed by atoms with van der Waals surface area (Å²) in [5.41, 5.74) is 2.39. The summed E-state index contributed by atoms with van der Waals surface area (Å²) in [6, 6.07) is 6.08. The van der Waals surface area contributed by atoms with Crippen molar-refractivity contribution in [1.29, 1.82) is 0 Å². The number of aromatic nitrogens is 1. The first-order chi connectivity index (χ1) is 7.38. The maximum atomic E-state index is 4.15. The van der Waals surface area contributed by atoms with E-state index < -0.39 is 0 Å². The maximum absolute atomic E-state index is 4.15. The van der Waals surface area contributed by atoms with Crippen LogP contribution in [0.5, 0.6) is 0 Å². The topological polar surface area (TPSA) is 37.0 Å². The Balaban J connectivity index is 1.98. The predicted octanol–water partition coefficient (Wildman–Crippen LogP) is 2.80. The standard InChI is InChI=1S/C11H13N3S/c1-12-11-6-10(2-4-13-11)14-7-9-3-5-15-8-9/h2-6,8H,7H2,1H3,(H2,12,13,14). The van der Waals surface area contributed by atoms with Crippen LogP contribution in [-0.4, -0.2) is 12.0 Å². The number of hydrogen-bond donors (Lipinski definition) is 2. The zero-order valence-corrected chi connectivity index (χ0v) is 9.34. The third-order valence-electron chi connectivity index (χ3n) is 2.09. The SMILES string of the molecule is CNc1cc(NCc2ccsc2)ccn1. The first-order valence-corrected chi connectivity index (χ1v) is 5.71. The Morgan fingerprint density at radius 2 is 2.33 bits per heavy atom. The van der Waals surface area contributed by atoms with Crippen molar-refractivity contribution in [2.45, 2.75) is 6.54 Å². The molecule has 0 bridgehead atoms. The summed E-state index contributed by atoms with van der Waals surface area (Å²) in [6.07, 6.45) is 1.79. The zero-order valence-electron chi connectivity index (χ0n) is 8.53. The van der Waals surface area contributed by atoms with Crippen molar-refractivity contribution in [2.75, 3.05) is 17.7 Å². The van der Waals surface area contributed by atoms with Gasteiger partial charge in [0.1, 0.15) is 5.82 Å². The van der Waals surface area contributed by atoms with Crippen LogP contribution >= 0.6 is 11.3 Å². The number of anilines is 2. The molecule has 0 aliphatic heterocycles. The van der Waals surface area contributed by atoms with Gasteiger partial charge in [0.15, 0.2) is 0 Å². The van der Waals surface area contributed by atoms with Crippen LogP contribution < -0.4 is 10.6 Å². The van der Waals surface area contributed by atoms with Crippen molar-refractivity contribution in [3.63, 3.8) is 0 Å². The molecule has 0 aliphatic rings. The summed E-state index contributed by atoms with van der Waals surface area (Å²) in [5.74, 6) is 0.880. The van der Waals surface area contributed by atoms with E-state index >= 15 is 0 Å². The van der Waals surface area contributed by atoms with Gasteiger partial charge < -0.3 is 10.6 Å². The molecular formula is C11H13N3S. The Morgan fingerprint density at radius 1 is 1.40 bits per heavy atom. The van der Waals surface area contributed by atoms with Gasteiger partial charge in [-0.15, -0.1) is 0 Å². The molecule has 78 valence electrons. The van der Waals surface area contributed by atoms with Gasteiger partial charge in [-0.25, -0.2) is 4.98 Å². The Labute approximate surface area is 93.2 Å². The molecule has 0 saturated carbocycles. The minimum Gasteiger partial charge on any atom is -0.381 e. The van der Waals surface area contributed by atoms with Gasteiger partial charge in [-0.2, -0.15) is 11.3 Å². The molecule has 0 aliphatic carbocycles. The van der Waals surface area contributed by atoms with Crippen molar-refractivity contribution in [3.8, 4) is 0 Å². The van der Waals surface area contributed by atoms with Crippen LogP contribution in [0, 0.1) is 0 Å². The number of hydrogen-bond acceptors (Lipinski definition) is 4. The Morgan fingerprint density at radius 3 is 3.07 bits per heavy atom. The van der Waals surface area contributed by atoms with Crippen LogP contribution in [0.3, 0.4) is 0 Å². The molecular weight excluding hydrogens is 206 g/mol. The average Bonchev–Trinajstić information content (AvgIpc) is 2.79. The molecule has 0 aromatic carbocycles. The quantitative estimate of drug-likeness (QED) is 0.830. The van der Waals surface area contributed by atoms with Crippen LogP contribution in [0.1, 0.15) is 5.56 Å². The monoisotopic (exact) mass is 219 g/mol. The van der Waals surface area contributed by atoms with Crippen LogP contribution in [-0.2, 0) is 6.54 Å². The third kappa shape index (κ3) is 2.70. The number of nitrogens with one attached hydrogen (secondary N) is 2. The normalized spacial score (nSPS) is 9.93. The van der Waals surface area contributed by atoms with Gasteiger partial charge in [0, 0.05) is 31.5 Å². The first kappa shape index (κ1) is 9.98. The van der Waals surface area contributed by atoms with Crippen LogP contribution in [0.15, 0.2) is 35.2 Å². The second-order valence-electron chi connectivity index (χ2n) is 3.16. The molecule has 0 radical (unpaired) electrons. The minimum absolute atomic E-state index is 0.858. The van der Waals surface area contributed by atoms with E-state index in [-0.39, 0.29) is 0 Å². The van der Waals surface area contributed by atoms with Crippen LogP contribution in [0.4, 0.5) is 11.5 Å². The Bertz CT molecular complexity index is 412. The Kier molecular flexibility index (Phi) is 3.19. The lowest BCUT2D eigenvalue weighted by molar-refractivity contribution is 1.15. The number of pyridine rings is 1. The van der Waals surface area contributed by atoms with Gasteiger partial charge in [-0.1, -0.05) is 0 Å². The molecule has 0 fully saturated rings. The highest BCUT2D eigenvalue weighted by atomic mass is 32.1. The first-order valence-electron chi connectivity index (χ1n) is 4.77. The fourth-order valence-electron chi connectivity index (χ4n) is 1.27. The van der Waals surface area contributed by atoms with E-state index in [0.717, 1.165) is 18.1 Å². The van der Waals surface area contributed by atoms with Crippen molar-refractivity contribution in [3.05, 3.63) is 40.7 Å². The van der Waals surface area contributed by atoms with Gasteiger partial charge in [0.25, 0.3) is 0 Å². The van der Waals surface area contributed by atoms with Gasteiger partial charge >= 0.3 is 0 Å². The van der Waals surface area contributed by atoms with Crippen LogP contribution in [0.25, 0.3) is 0 Å². The lowest BCUT2D eigenvalue weighted by Gasteiger charge is -2.06. The highest BCUT2D eigenvalue weighted by molar-refractivity contribution is 7.07. The van der Waals surface area contributed by atoms with Crippen LogP contribution in [0.2, 0.25) is 0 Å². The highest BCUT2D eigenvalue weighted by Gasteiger charge is 1.96. The second kappa shape index (κ2) is 4.79. The maximum Gasteiger partial charge on any atom is 0.127 e. The summed E-state index contributed by atoms with van der Waals surface area (Å²) in [7, 11) is 1.87. The Hall–Kier alpha value is -1.55. The summed E-state index contributed by atoms with van der Waals surface area (Å²) in [4.78, 5) is 4.15. The van der Waals surface area contributed by atoms with E-state index in [2.05, 4.69) is 32.4 Å². The van der Waals surface area contributed by atoms with Gasteiger partial charge in [0.05, 0.1) is 0 Å². The fraction of sp³-hybridized carbons (Fsp3) is 0.182. The lowest BCUT2D eigenvalue weighted by atomic mass is 10.3. The predicted molar refractivity (Wildman–Crippen MR) is 65.4 cm³/mol. The molecule has 2 aromatic rings.